The number of aromatic hydroxyl groups is 1. The first-order valence-corrected chi connectivity index (χ1v) is 7.18. The van der Waals surface area contributed by atoms with Crippen LogP contribution in [0.3, 0.4) is 0 Å². The van der Waals surface area contributed by atoms with Crippen LogP contribution in [0.2, 0.25) is 0 Å². The van der Waals surface area contributed by atoms with Crippen molar-refractivity contribution < 1.29 is 14.8 Å². The number of carbonyl (C=O) groups excluding carboxylic acids is 1. The Hall–Kier alpha value is -3.88. The van der Waals surface area contributed by atoms with E-state index < -0.39 is 10.8 Å². The Kier molecular flexibility index (Phi) is 3.14. The fourth-order valence-electron chi connectivity index (χ4n) is 2.61. The molecule has 2 N–H and O–H groups in total. The molecule has 4 rings (SSSR count). The minimum absolute atomic E-state index is 0.0170. The monoisotopic (exact) mass is 335 g/mol. The lowest BCUT2D eigenvalue weighted by molar-refractivity contribution is -0.384. The molecular formula is C16H9N5O4. The van der Waals surface area contributed by atoms with Gasteiger partial charge in [-0.1, -0.05) is 18.2 Å². The van der Waals surface area contributed by atoms with Gasteiger partial charge in [0.1, 0.15) is 0 Å². The number of hydrogen-bond acceptors (Lipinski definition) is 6. The van der Waals surface area contributed by atoms with Crippen LogP contribution in [0.1, 0.15) is 0 Å². The van der Waals surface area contributed by atoms with E-state index in [2.05, 4.69) is 20.2 Å². The van der Waals surface area contributed by atoms with Crippen LogP contribution < -0.4 is 10.6 Å². The van der Waals surface area contributed by atoms with E-state index >= 15 is 0 Å². The van der Waals surface area contributed by atoms with E-state index in [-0.39, 0.29) is 23.0 Å². The highest BCUT2D eigenvalue weighted by molar-refractivity contribution is 6.14. The Morgan fingerprint density at radius 2 is 1.96 bits per heavy atom. The molecule has 122 valence electrons. The van der Waals surface area contributed by atoms with E-state index in [0.29, 0.717) is 21.5 Å². The third kappa shape index (κ3) is 2.34. The lowest BCUT2D eigenvalue weighted by Crippen LogP contribution is -2.21. The summed E-state index contributed by atoms with van der Waals surface area (Å²) in [5.74, 6) is -0.828. The molecule has 0 unspecified atom stereocenters. The van der Waals surface area contributed by atoms with Crippen molar-refractivity contribution in [1.82, 2.24) is 4.98 Å². The van der Waals surface area contributed by atoms with Gasteiger partial charge in [-0.3, -0.25) is 14.9 Å². The van der Waals surface area contributed by atoms with Gasteiger partial charge >= 0.3 is 0 Å². The summed E-state index contributed by atoms with van der Waals surface area (Å²) < 4.78 is 0. The fraction of sp³-hybridized carbons (Fsp3) is 0. The van der Waals surface area contributed by atoms with Crippen LogP contribution in [0.15, 0.2) is 57.7 Å². The van der Waals surface area contributed by atoms with Gasteiger partial charge in [-0.15, -0.1) is 10.2 Å². The number of hydrogen-bond donors (Lipinski definition) is 2. The van der Waals surface area contributed by atoms with Crippen molar-refractivity contribution in [3.05, 3.63) is 63.2 Å². The number of aromatic amines is 1. The molecule has 2 aromatic carbocycles. The van der Waals surface area contributed by atoms with Crippen LogP contribution in [0.25, 0.3) is 16.6 Å². The standard InChI is InChI=1S/C16H9N5O4/c22-15-13(9-3-1-2-4-11(9)17-15)19-20-14-10-7-8(21(24)25)5-6-12(10)18-16(14)23/h1-7,18,23H. The second-order valence-electron chi connectivity index (χ2n) is 5.29. The number of nitrogens with zero attached hydrogens (tertiary/aromatic N) is 4. The van der Waals surface area contributed by atoms with Gasteiger partial charge in [0.2, 0.25) is 5.88 Å². The summed E-state index contributed by atoms with van der Waals surface area (Å²) in [7, 11) is 0. The molecule has 1 aliphatic heterocycles. The zero-order chi connectivity index (χ0) is 17.6. The Morgan fingerprint density at radius 3 is 2.76 bits per heavy atom. The van der Waals surface area contributed by atoms with Crippen molar-refractivity contribution >= 4 is 33.9 Å². The van der Waals surface area contributed by atoms with Crippen LogP contribution in [0.5, 0.6) is 5.88 Å². The zero-order valence-electron chi connectivity index (χ0n) is 12.5. The Balaban J connectivity index is 1.87. The molecule has 25 heavy (non-hydrogen) atoms. The third-order valence-corrected chi connectivity index (χ3v) is 3.78. The number of nitro benzene ring substituents is 1. The van der Waals surface area contributed by atoms with E-state index in [4.69, 9.17) is 0 Å². The average molecular weight is 335 g/mol. The number of carbonyl (C=O) groups is 1. The first-order valence-electron chi connectivity index (χ1n) is 7.18. The van der Waals surface area contributed by atoms with Crippen LogP contribution in [-0.2, 0) is 4.79 Å². The zero-order valence-corrected chi connectivity index (χ0v) is 12.5. The molecule has 3 aromatic rings. The van der Waals surface area contributed by atoms with E-state index in [1.165, 1.54) is 18.2 Å². The number of nitro groups is 1. The summed E-state index contributed by atoms with van der Waals surface area (Å²) in [6.45, 7) is 0. The number of benzene rings is 2. The second kappa shape index (κ2) is 5.34. The molecule has 2 heterocycles. The smallest absolute Gasteiger partial charge is 0.298 e. The summed E-state index contributed by atoms with van der Waals surface area (Å²) in [6.07, 6.45) is 0. The highest BCUT2D eigenvalue weighted by Crippen LogP contribution is 2.37. The molecule has 0 aliphatic carbocycles. The molecule has 0 radical (unpaired) electrons. The van der Waals surface area contributed by atoms with E-state index in [1.807, 2.05) is 0 Å². The molecule has 1 aromatic heterocycles. The highest BCUT2D eigenvalue weighted by Gasteiger charge is 2.18. The normalized spacial score (nSPS) is 13.4. The van der Waals surface area contributed by atoms with E-state index in [1.54, 1.807) is 24.3 Å². The van der Waals surface area contributed by atoms with Gasteiger partial charge in [0.05, 0.1) is 15.8 Å². The molecule has 0 saturated heterocycles. The SMILES string of the molecule is O=C1N=c2ccccc2=C1N=Nc1c(O)[nH]c2ccc([N+](=O)[O-])cc12. The summed E-state index contributed by atoms with van der Waals surface area (Å²) in [5.41, 5.74) is 0.385. The number of fused-ring (bicyclic) bond motifs is 2. The molecule has 0 fully saturated rings. The van der Waals surface area contributed by atoms with Crippen molar-refractivity contribution in [2.24, 2.45) is 15.2 Å². The van der Waals surface area contributed by atoms with Gasteiger partial charge in [-0.05, 0) is 12.1 Å². The third-order valence-electron chi connectivity index (χ3n) is 3.78. The maximum Gasteiger partial charge on any atom is 0.298 e. The molecule has 9 nitrogen and oxygen atoms in total. The van der Waals surface area contributed by atoms with Crippen molar-refractivity contribution in [1.29, 1.82) is 0 Å². The topological polar surface area (TPSA) is 133 Å². The summed E-state index contributed by atoms with van der Waals surface area (Å²) >= 11 is 0. The quantitative estimate of drug-likeness (QED) is 0.429. The predicted octanol–water partition coefficient (Wildman–Crippen LogP) is 1.83. The van der Waals surface area contributed by atoms with Crippen LogP contribution in [-0.4, -0.2) is 20.9 Å². The minimum Gasteiger partial charge on any atom is -0.493 e. The Labute approximate surface area is 138 Å². The number of nitrogens with one attached hydrogen (secondary N) is 1. The number of para-hydroxylation sites is 1. The molecule has 0 saturated carbocycles. The van der Waals surface area contributed by atoms with E-state index in [9.17, 15) is 20.0 Å². The number of non-ortho nitro benzene ring substituents is 1. The van der Waals surface area contributed by atoms with Gasteiger partial charge in [0.15, 0.2) is 11.4 Å². The average Bonchev–Trinajstić information content (AvgIpc) is 3.08. The summed E-state index contributed by atoms with van der Waals surface area (Å²) in [5, 5.41) is 30.1. The van der Waals surface area contributed by atoms with Gasteiger partial charge < -0.3 is 10.1 Å². The van der Waals surface area contributed by atoms with Crippen molar-refractivity contribution in [2.75, 3.05) is 0 Å². The summed E-state index contributed by atoms with van der Waals surface area (Å²) in [4.78, 5) is 28.9. The first-order chi connectivity index (χ1) is 12.0. The maximum atomic E-state index is 12.0. The second-order valence-corrected chi connectivity index (χ2v) is 5.29. The van der Waals surface area contributed by atoms with Crippen LogP contribution in [0.4, 0.5) is 11.4 Å². The molecule has 1 amide bonds. The van der Waals surface area contributed by atoms with Crippen LogP contribution in [0, 0.1) is 10.1 Å². The maximum absolute atomic E-state index is 12.0. The first kappa shape index (κ1) is 14.7. The van der Waals surface area contributed by atoms with Gasteiger partial charge in [-0.2, -0.15) is 0 Å². The highest BCUT2D eigenvalue weighted by atomic mass is 16.6. The van der Waals surface area contributed by atoms with Gasteiger partial charge in [0.25, 0.3) is 11.6 Å². The van der Waals surface area contributed by atoms with E-state index in [0.717, 1.165) is 0 Å². The minimum atomic E-state index is -0.547. The number of azo groups is 1. The lowest BCUT2D eigenvalue weighted by Gasteiger charge is -1.94. The molecule has 0 spiro atoms. The Morgan fingerprint density at radius 1 is 1.16 bits per heavy atom. The van der Waals surface area contributed by atoms with Crippen molar-refractivity contribution in [3.8, 4) is 5.88 Å². The fourth-order valence-corrected chi connectivity index (χ4v) is 2.61. The molecule has 0 atom stereocenters. The molecule has 1 aliphatic rings. The molecule has 9 heteroatoms. The van der Waals surface area contributed by atoms with Crippen molar-refractivity contribution in [3.63, 3.8) is 0 Å². The molecular weight excluding hydrogens is 326 g/mol. The van der Waals surface area contributed by atoms with Gasteiger partial charge in [-0.25, -0.2) is 4.99 Å². The number of amides is 1. The number of rotatable bonds is 3. The lowest BCUT2D eigenvalue weighted by atomic mass is 10.2. The van der Waals surface area contributed by atoms with Crippen molar-refractivity contribution in [2.45, 2.75) is 0 Å². The summed E-state index contributed by atoms with van der Waals surface area (Å²) in [6, 6.07) is 10.9. The molecule has 0 bridgehead atoms. The number of H-pyrrole nitrogens is 1. The Bertz CT molecular complexity index is 1210. The van der Waals surface area contributed by atoms with Crippen LogP contribution >= 0.6 is 0 Å². The predicted molar refractivity (Wildman–Crippen MR) is 86.8 cm³/mol. The number of aromatic nitrogens is 1. The van der Waals surface area contributed by atoms with Gasteiger partial charge in [0, 0.05) is 22.7 Å². The largest absolute Gasteiger partial charge is 0.493 e.